The molecule has 1 rings (SSSR count). The summed E-state index contributed by atoms with van der Waals surface area (Å²) >= 11 is 5.82. The van der Waals surface area contributed by atoms with Gasteiger partial charge in [0.05, 0.1) is 11.6 Å². The number of hydrogen-bond donors (Lipinski definition) is 0. The molecule has 3 nitrogen and oxygen atoms in total. The first-order chi connectivity index (χ1) is 7.97. The molecule has 92 valence electrons. The van der Waals surface area contributed by atoms with E-state index >= 15 is 0 Å². The lowest BCUT2D eigenvalue weighted by Crippen LogP contribution is -2.18. The average Bonchev–Trinajstić information content (AvgIpc) is 2.28. The first-order valence-corrected chi connectivity index (χ1v) is 5.50. The van der Waals surface area contributed by atoms with Crippen LogP contribution in [0.3, 0.4) is 0 Å². The van der Waals surface area contributed by atoms with E-state index in [4.69, 9.17) is 11.6 Å². The lowest BCUT2D eigenvalue weighted by atomic mass is 10.1. The van der Waals surface area contributed by atoms with Crippen LogP contribution in [0.2, 0.25) is 5.02 Å². The number of carbonyl (C=O) groups is 2. The van der Waals surface area contributed by atoms with Gasteiger partial charge in [0.1, 0.15) is 6.17 Å². The number of ether oxygens (including phenoxy) is 1. The first kappa shape index (κ1) is 13.6. The van der Waals surface area contributed by atoms with Crippen LogP contribution in [0.25, 0.3) is 0 Å². The van der Waals surface area contributed by atoms with E-state index in [2.05, 4.69) is 4.74 Å². The van der Waals surface area contributed by atoms with Crippen LogP contribution in [0.5, 0.6) is 0 Å². The van der Waals surface area contributed by atoms with Crippen molar-refractivity contribution < 1.29 is 18.7 Å². The van der Waals surface area contributed by atoms with Crippen molar-refractivity contribution in [3.05, 3.63) is 34.3 Å². The predicted molar refractivity (Wildman–Crippen MR) is 61.9 cm³/mol. The molecule has 1 unspecified atom stereocenters. The Morgan fingerprint density at radius 3 is 2.59 bits per heavy atom. The van der Waals surface area contributed by atoms with Crippen LogP contribution in [-0.2, 0) is 9.53 Å². The molecule has 1 aromatic rings. The van der Waals surface area contributed by atoms with E-state index in [-0.39, 0.29) is 17.2 Å². The number of ketones is 1. The topological polar surface area (TPSA) is 43.4 Å². The molecule has 17 heavy (non-hydrogen) atoms. The van der Waals surface area contributed by atoms with Gasteiger partial charge in [-0.25, -0.2) is 9.18 Å². The van der Waals surface area contributed by atoms with Gasteiger partial charge < -0.3 is 4.74 Å². The molecule has 0 heterocycles. The molecule has 1 atom stereocenters. The molecular weight excluding hydrogens is 247 g/mol. The highest BCUT2D eigenvalue weighted by molar-refractivity contribution is 6.45. The second-order valence-corrected chi connectivity index (χ2v) is 3.81. The summed E-state index contributed by atoms with van der Waals surface area (Å²) in [5, 5.41) is 0.0463. The Balaban J connectivity index is 3.00. The molecule has 0 aliphatic heterocycles. The second kappa shape index (κ2) is 5.77. The summed E-state index contributed by atoms with van der Waals surface area (Å²) in [6.45, 7) is 3.07. The molecule has 0 aliphatic rings. The van der Waals surface area contributed by atoms with Crippen molar-refractivity contribution >= 4 is 23.4 Å². The number of alkyl halides is 1. The van der Waals surface area contributed by atoms with Gasteiger partial charge in [0, 0.05) is 5.56 Å². The standard InChI is InChI=1S/C12H12ClFO3/c1-3-17-12(16)11(15)9-5-4-8(7(2)14)6-10(9)13/h4-7H,3H2,1-2H3. The molecule has 0 bridgehead atoms. The van der Waals surface area contributed by atoms with Crippen molar-refractivity contribution in [3.8, 4) is 0 Å². The van der Waals surface area contributed by atoms with Crippen LogP contribution >= 0.6 is 11.6 Å². The molecule has 1 aromatic carbocycles. The Kier molecular flexibility index (Phi) is 4.63. The highest BCUT2D eigenvalue weighted by atomic mass is 35.5. The normalized spacial score (nSPS) is 12.0. The van der Waals surface area contributed by atoms with Gasteiger partial charge in [0.2, 0.25) is 0 Å². The van der Waals surface area contributed by atoms with Gasteiger partial charge in [-0.2, -0.15) is 0 Å². The van der Waals surface area contributed by atoms with E-state index in [0.717, 1.165) is 0 Å². The van der Waals surface area contributed by atoms with Crippen LogP contribution in [0.1, 0.15) is 35.9 Å². The number of halogens is 2. The Labute approximate surface area is 104 Å². The van der Waals surface area contributed by atoms with E-state index < -0.39 is 17.9 Å². The number of esters is 1. The number of rotatable bonds is 4. The SMILES string of the molecule is CCOC(=O)C(=O)c1ccc(C(C)F)cc1Cl. The number of hydrogen-bond acceptors (Lipinski definition) is 3. The summed E-state index contributed by atoms with van der Waals surface area (Å²) in [4.78, 5) is 22.8. The van der Waals surface area contributed by atoms with Gasteiger partial charge >= 0.3 is 5.97 Å². The third-order valence-corrected chi connectivity index (χ3v) is 2.47. The highest BCUT2D eigenvalue weighted by Gasteiger charge is 2.20. The van der Waals surface area contributed by atoms with Gasteiger partial charge in [-0.05, 0) is 31.5 Å². The molecule has 0 radical (unpaired) electrons. The molecule has 0 aliphatic carbocycles. The Hall–Kier alpha value is -1.42. The van der Waals surface area contributed by atoms with E-state index in [0.29, 0.717) is 5.56 Å². The fourth-order valence-electron chi connectivity index (χ4n) is 1.27. The molecule has 0 amide bonds. The molecule has 5 heteroatoms. The van der Waals surface area contributed by atoms with E-state index in [1.807, 2.05) is 0 Å². The summed E-state index contributed by atoms with van der Waals surface area (Å²) in [7, 11) is 0. The van der Waals surface area contributed by atoms with Gasteiger partial charge in [-0.15, -0.1) is 0 Å². The lowest BCUT2D eigenvalue weighted by Gasteiger charge is -2.06. The van der Waals surface area contributed by atoms with E-state index in [9.17, 15) is 14.0 Å². The quantitative estimate of drug-likeness (QED) is 0.473. The predicted octanol–water partition coefficient (Wildman–Crippen LogP) is 3.12. The fourth-order valence-corrected chi connectivity index (χ4v) is 1.54. The molecular formula is C12H12ClFO3. The Morgan fingerprint density at radius 1 is 1.47 bits per heavy atom. The van der Waals surface area contributed by atoms with Crippen LogP contribution in [0.4, 0.5) is 4.39 Å². The maximum absolute atomic E-state index is 13.0. The van der Waals surface area contributed by atoms with Gasteiger partial charge in [0.25, 0.3) is 5.78 Å². The monoisotopic (exact) mass is 258 g/mol. The molecule has 0 spiro atoms. The highest BCUT2D eigenvalue weighted by Crippen LogP contribution is 2.24. The first-order valence-electron chi connectivity index (χ1n) is 5.12. The van der Waals surface area contributed by atoms with E-state index in [1.54, 1.807) is 6.92 Å². The van der Waals surface area contributed by atoms with Crippen molar-refractivity contribution in [1.82, 2.24) is 0 Å². The summed E-state index contributed by atoms with van der Waals surface area (Å²) in [5.74, 6) is -1.79. The number of benzene rings is 1. The van der Waals surface area contributed by atoms with Crippen molar-refractivity contribution in [2.75, 3.05) is 6.61 Å². The summed E-state index contributed by atoms with van der Waals surface area (Å²) in [6.07, 6.45) is -1.18. The minimum absolute atomic E-state index is 0.0227. The lowest BCUT2D eigenvalue weighted by molar-refractivity contribution is -0.137. The third-order valence-electron chi connectivity index (χ3n) is 2.16. The Morgan fingerprint density at radius 2 is 2.12 bits per heavy atom. The van der Waals surface area contributed by atoms with E-state index in [1.165, 1.54) is 25.1 Å². The van der Waals surface area contributed by atoms with Crippen LogP contribution in [0.15, 0.2) is 18.2 Å². The number of Topliss-reactive ketones (excluding diaryl/α,β-unsaturated/α-hetero) is 1. The van der Waals surface area contributed by atoms with Crippen molar-refractivity contribution in [2.45, 2.75) is 20.0 Å². The fraction of sp³-hybridized carbons (Fsp3) is 0.333. The average molecular weight is 259 g/mol. The Bertz CT molecular complexity index is 443. The molecule has 0 saturated carbocycles. The van der Waals surface area contributed by atoms with Crippen molar-refractivity contribution in [2.24, 2.45) is 0 Å². The van der Waals surface area contributed by atoms with Gasteiger partial charge in [-0.3, -0.25) is 4.79 Å². The number of carbonyl (C=O) groups excluding carboxylic acids is 2. The summed E-state index contributed by atoms with van der Waals surface area (Å²) < 4.78 is 17.6. The zero-order chi connectivity index (χ0) is 13.0. The van der Waals surface area contributed by atoms with Gasteiger partial charge in [0.15, 0.2) is 0 Å². The van der Waals surface area contributed by atoms with Crippen molar-refractivity contribution in [1.29, 1.82) is 0 Å². The molecule has 0 N–H and O–H groups in total. The summed E-state index contributed by atoms with van der Waals surface area (Å²) in [6, 6.07) is 4.08. The third kappa shape index (κ3) is 3.27. The zero-order valence-corrected chi connectivity index (χ0v) is 10.3. The second-order valence-electron chi connectivity index (χ2n) is 3.40. The van der Waals surface area contributed by atoms with Crippen LogP contribution in [-0.4, -0.2) is 18.4 Å². The van der Waals surface area contributed by atoms with Crippen LogP contribution < -0.4 is 0 Å². The minimum Gasteiger partial charge on any atom is -0.460 e. The summed E-state index contributed by atoms with van der Waals surface area (Å²) in [5.41, 5.74) is 0.380. The molecule has 0 fully saturated rings. The molecule has 0 aromatic heterocycles. The smallest absolute Gasteiger partial charge is 0.379 e. The minimum atomic E-state index is -1.18. The van der Waals surface area contributed by atoms with Gasteiger partial charge in [-0.1, -0.05) is 17.7 Å². The largest absolute Gasteiger partial charge is 0.460 e. The zero-order valence-electron chi connectivity index (χ0n) is 9.50. The maximum atomic E-state index is 13.0. The maximum Gasteiger partial charge on any atom is 0.379 e. The van der Waals surface area contributed by atoms with Crippen LogP contribution in [0, 0.1) is 0 Å². The molecule has 0 saturated heterocycles. The van der Waals surface area contributed by atoms with Crippen molar-refractivity contribution in [3.63, 3.8) is 0 Å².